The first-order valence-corrected chi connectivity index (χ1v) is 10.4. The largest absolute Gasteiger partial charge is 0.483 e. The number of piperazine rings is 1. The van der Waals surface area contributed by atoms with Crippen LogP contribution in [0.5, 0.6) is 5.75 Å². The Balaban J connectivity index is 1.30. The number of halogens is 2. The first-order chi connectivity index (χ1) is 14.1. The van der Waals surface area contributed by atoms with Crippen molar-refractivity contribution in [2.75, 3.05) is 32.8 Å². The first-order valence-electron chi connectivity index (χ1n) is 9.65. The molecule has 0 N–H and O–H groups in total. The van der Waals surface area contributed by atoms with Gasteiger partial charge in [-0.15, -0.1) is 0 Å². The molecule has 0 aromatic heterocycles. The Morgan fingerprint density at radius 3 is 2.28 bits per heavy atom. The molecule has 6 heteroatoms. The van der Waals surface area contributed by atoms with E-state index in [2.05, 4.69) is 4.90 Å². The minimum Gasteiger partial charge on any atom is -0.483 e. The second kappa shape index (κ2) is 9.04. The Morgan fingerprint density at radius 1 is 0.862 bits per heavy atom. The molecule has 0 atom stereocenters. The molecule has 150 valence electrons. The number of amides is 1. The van der Waals surface area contributed by atoms with Crippen LogP contribution in [-0.4, -0.2) is 48.5 Å². The van der Waals surface area contributed by atoms with E-state index in [0.717, 1.165) is 35.4 Å². The molecule has 3 aromatic rings. The van der Waals surface area contributed by atoms with Crippen molar-refractivity contribution in [2.45, 2.75) is 6.54 Å². The molecule has 4 rings (SSSR count). The Morgan fingerprint density at radius 2 is 1.55 bits per heavy atom. The molecule has 29 heavy (non-hydrogen) atoms. The number of carbonyl (C=O) groups is 1. The average Bonchev–Trinajstić information content (AvgIpc) is 2.75. The molecule has 0 saturated carbocycles. The summed E-state index contributed by atoms with van der Waals surface area (Å²) in [4.78, 5) is 16.8. The van der Waals surface area contributed by atoms with Crippen LogP contribution in [0.15, 0.2) is 60.7 Å². The van der Waals surface area contributed by atoms with E-state index in [1.165, 1.54) is 5.56 Å². The molecule has 4 nitrogen and oxygen atoms in total. The van der Waals surface area contributed by atoms with E-state index in [4.69, 9.17) is 27.9 Å². The van der Waals surface area contributed by atoms with Crippen molar-refractivity contribution in [3.8, 4) is 5.75 Å². The number of hydrogen-bond acceptors (Lipinski definition) is 3. The van der Waals surface area contributed by atoms with Crippen LogP contribution in [0, 0.1) is 0 Å². The molecule has 0 unspecified atom stereocenters. The third kappa shape index (κ3) is 4.84. The number of rotatable bonds is 5. The van der Waals surface area contributed by atoms with Crippen molar-refractivity contribution in [3.05, 3.63) is 76.3 Å². The van der Waals surface area contributed by atoms with E-state index in [9.17, 15) is 4.79 Å². The summed E-state index contributed by atoms with van der Waals surface area (Å²) < 4.78 is 5.85. The predicted octanol–water partition coefficient (Wildman–Crippen LogP) is 4.87. The summed E-state index contributed by atoms with van der Waals surface area (Å²) in [5, 5.41) is 3.27. The summed E-state index contributed by atoms with van der Waals surface area (Å²) >= 11 is 12.2. The summed E-state index contributed by atoms with van der Waals surface area (Å²) in [5.41, 5.74) is 1.23. The van der Waals surface area contributed by atoms with Crippen molar-refractivity contribution >= 4 is 39.9 Å². The van der Waals surface area contributed by atoms with E-state index >= 15 is 0 Å². The van der Waals surface area contributed by atoms with Crippen LogP contribution in [0.1, 0.15) is 5.56 Å². The van der Waals surface area contributed by atoms with E-state index < -0.39 is 0 Å². The molecular formula is C23H22Cl2N2O2. The Hall–Kier alpha value is -2.27. The number of ether oxygens (including phenoxy) is 1. The number of nitrogens with zero attached hydrogens (tertiary/aromatic N) is 2. The fourth-order valence-corrected chi connectivity index (χ4v) is 3.95. The van der Waals surface area contributed by atoms with Crippen LogP contribution in [0.4, 0.5) is 0 Å². The number of benzene rings is 3. The quantitative estimate of drug-likeness (QED) is 0.580. The number of fused-ring (bicyclic) bond motifs is 1. The Kier molecular flexibility index (Phi) is 6.24. The van der Waals surface area contributed by atoms with Gasteiger partial charge in [-0.05, 0) is 29.8 Å². The van der Waals surface area contributed by atoms with Gasteiger partial charge >= 0.3 is 0 Å². The fraction of sp³-hybridized carbons (Fsp3) is 0.261. The predicted molar refractivity (Wildman–Crippen MR) is 118 cm³/mol. The van der Waals surface area contributed by atoms with E-state index in [0.29, 0.717) is 23.9 Å². The zero-order valence-electron chi connectivity index (χ0n) is 16.0. The molecule has 0 aliphatic carbocycles. The van der Waals surface area contributed by atoms with Crippen molar-refractivity contribution in [3.63, 3.8) is 0 Å². The highest BCUT2D eigenvalue weighted by Crippen LogP contribution is 2.31. The summed E-state index contributed by atoms with van der Waals surface area (Å²) in [5.74, 6) is 0.690. The summed E-state index contributed by atoms with van der Waals surface area (Å²) in [7, 11) is 0. The SMILES string of the molecule is O=C(COc1ccc(Cl)c2ccccc12)N1CCN(Cc2ccc(Cl)cc2)CC1. The van der Waals surface area contributed by atoms with Gasteiger partial charge in [-0.25, -0.2) is 0 Å². The highest BCUT2D eigenvalue weighted by Gasteiger charge is 2.21. The van der Waals surface area contributed by atoms with Gasteiger partial charge in [-0.1, -0.05) is 59.6 Å². The third-order valence-corrected chi connectivity index (χ3v) is 5.81. The third-order valence-electron chi connectivity index (χ3n) is 5.23. The topological polar surface area (TPSA) is 32.8 Å². The van der Waals surface area contributed by atoms with Gasteiger partial charge in [0.05, 0.1) is 0 Å². The lowest BCUT2D eigenvalue weighted by molar-refractivity contribution is -0.135. The maximum Gasteiger partial charge on any atom is 0.260 e. The smallest absolute Gasteiger partial charge is 0.260 e. The summed E-state index contributed by atoms with van der Waals surface area (Å²) in [6, 6.07) is 19.3. The second-order valence-electron chi connectivity index (χ2n) is 7.16. The van der Waals surface area contributed by atoms with Crippen molar-refractivity contribution in [2.24, 2.45) is 0 Å². The monoisotopic (exact) mass is 428 g/mol. The molecule has 1 fully saturated rings. The average molecular weight is 429 g/mol. The molecule has 3 aromatic carbocycles. The van der Waals surface area contributed by atoms with E-state index in [1.54, 1.807) is 6.07 Å². The van der Waals surface area contributed by atoms with Crippen LogP contribution >= 0.6 is 23.2 Å². The highest BCUT2D eigenvalue weighted by atomic mass is 35.5. The molecular weight excluding hydrogens is 407 g/mol. The Labute approximate surface area is 180 Å². The molecule has 1 amide bonds. The van der Waals surface area contributed by atoms with Crippen LogP contribution < -0.4 is 4.74 Å². The molecule has 1 heterocycles. The van der Waals surface area contributed by atoms with Crippen LogP contribution in [0.3, 0.4) is 0 Å². The van der Waals surface area contributed by atoms with Crippen molar-refractivity contribution < 1.29 is 9.53 Å². The highest BCUT2D eigenvalue weighted by molar-refractivity contribution is 6.35. The van der Waals surface area contributed by atoms with Crippen LogP contribution in [-0.2, 0) is 11.3 Å². The number of hydrogen-bond donors (Lipinski definition) is 0. The van der Waals surface area contributed by atoms with Gasteiger partial charge in [0, 0.05) is 53.5 Å². The van der Waals surface area contributed by atoms with Gasteiger partial charge in [0.2, 0.25) is 0 Å². The second-order valence-corrected chi connectivity index (χ2v) is 8.01. The normalized spacial score (nSPS) is 14.9. The maximum atomic E-state index is 12.6. The number of carbonyl (C=O) groups excluding carboxylic acids is 1. The summed E-state index contributed by atoms with van der Waals surface area (Å²) in [6.45, 7) is 4.00. The lowest BCUT2D eigenvalue weighted by Crippen LogP contribution is -2.49. The van der Waals surface area contributed by atoms with Gasteiger partial charge in [-0.3, -0.25) is 9.69 Å². The fourth-order valence-electron chi connectivity index (χ4n) is 3.59. The van der Waals surface area contributed by atoms with E-state index in [-0.39, 0.29) is 12.5 Å². The van der Waals surface area contributed by atoms with Gasteiger partial charge < -0.3 is 9.64 Å². The standard InChI is InChI=1S/C23H22Cl2N2O2/c24-18-7-5-17(6-8-18)15-26-11-13-27(14-12-26)23(28)16-29-22-10-9-21(25)19-3-1-2-4-20(19)22/h1-10H,11-16H2. The Bertz CT molecular complexity index is 999. The van der Waals surface area contributed by atoms with Gasteiger partial charge in [0.1, 0.15) is 5.75 Å². The van der Waals surface area contributed by atoms with Gasteiger partial charge in [0.15, 0.2) is 6.61 Å². The van der Waals surface area contributed by atoms with E-state index in [1.807, 2.05) is 59.5 Å². The first kappa shape index (κ1) is 20.0. The molecule has 0 radical (unpaired) electrons. The minimum atomic E-state index is 0.00942. The molecule has 1 aliphatic heterocycles. The molecule has 1 saturated heterocycles. The van der Waals surface area contributed by atoms with Gasteiger partial charge in [-0.2, -0.15) is 0 Å². The van der Waals surface area contributed by atoms with Gasteiger partial charge in [0.25, 0.3) is 5.91 Å². The lowest BCUT2D eigenvalue weighted by atomic mass is 10.1. The van der Waals surface area contributed by atoms with Crippen LogP contribution in [0.25, 0.3) is 10.8 Å². The zero-order chi connectivity index (χ0) is 20.2. The minimum absolute atomic E-state index is 0.00942. The zero-order valence-corrected chi connectivity index (χ0v) is 17.5. The lowest BCUT2D eigenvalue weighted by Gasteiger charge is -2.34. The molecule has 1 aliphatic rings. The van der Waals surface area contributed by atoms with Crippen molar-refractivity contribution in [1.82, 2.24) is 9.80 Å². The van der Waals surface area contributed by atoms with Crippen molar-refractivity contribution in [1.29, 1.82) is 0 Å². The summed E-state index contributed by atoms with van der Waals surface area (Å²) in [6.07, 6.45) is 0. The molecule has 0 spiro atoms. The molecule has 0 bridgehead atoms. The maximum absolute atomic E-state index is 12.6. The van der Waals surface area contributed by atoms with Crippen LogP contribution in [0.2, 0.25) is 10.0 Å².